The van der Waals surface area contributed by atoms with Crippen LogP contribution in [0.4, 0.5) is 0 Å². The van der Waals surface area contributed by atoms with E-state index < -0.39 is 0 Å². The second-order valence-electron chi connectivity index (χ2n) is 4.55. The lowest BCUT2D eigenvalue weighted by atomic mass is 10.1. The highest BCUT2D eigenvalue weighted by molar-refractivity contribution is 5.89. The molecule has 4 heteroatoms. The van der Waals surface area contributed by atoms with Crippen molar-refractivity contribution in [3.63, 3.8) is 0 Å². The van der Waals surface area contributed by atoms with Gasteiger partial charge in [-0.15, -0.1) is 0 Å². The normalized spacial score (nSPS) is 10.7. The van der Waals surface area contributed by atoms with Crippen LogP contribution in [0.5, 0.6) is 0 Å². The lowest BCUT2D eigenvalue weighted by Gasteiger charge is -2.05. The Morgan fingerprint density at radius 2 is 1.90 bits per heavy atom. The van der Waals surface area contributed by atoms with E-state index in [0.29, 0.717) is 12.1 Å². The third-order valence-electron chi connectivity index (χ3n) is 3.26. The van der Waals surface area contributed by atoms with E-state index in [2.05, 4.69) is 9.84 Å². The first-order valence-corrected chi connectivity index (χ1v) is 6.36. The Morgan fingerprint density at radius 1 is 1.15 bits per heavy atom. The van der Waals surface area contributed by atoms with E-state index >= 15 is 0 Å². The van der Waals surface area contributed by atoms with E-state index in [1.807, 2.05) is 47.3 Å². The second-order valence-corrected chi connectivity index (χ2v) is 4.55. The third kappa shape index (κ3) is 2.28. The number of carbonyl (C=O) groups is 1. The molecule has 3 rings (SSSR count). The minimum Gasteiger partial charge on any atom is -0.465 e. The molecule has 20 heavy (non-hydrogen) atoms. The maximum atomic E-state index is 11.4. The van der Waals surface area contributed by atoms with Crippen LogP contribution in [0.25, 0.3) is 10.9 Å². The van der Waals surface area contributed by atoms with Gasteiger partial charge in [-0.25, -0.2) is 4.79 Å². The van der Waals surface area contributed by atoms with Crippen LogP contribution in [0.3, 0.4) is 0 Å². The Bertz CT molecular complexity index is 745. The lowest BCUT2D eigenvalue weighted by Crippen LogP contribution is -2.03. The average molecular weight is 266 g/mol. The number of fused-ring (bicyclic) bond motifs is 1. The van der Waals surface area contributed by atoms with Crippen molar-refractivity contribution >= 4 is 16.9 Å². The Morgan fingerprint density at radius 3 is 2.65 bits per heavy atom. The minimum absolute atomic E-state index is 0.318. The van der Waals surface area contributed by atoms with Crippen molar-refractivity contribution in [1.82, 2.24) is 9.78 Å². The number of aromatic nitrogens is 2. The molecule has 3 aromatic rings. The Labute approximate surface area is 116 Å². The van der Waals surface area contributed by atoms with Gasteiger partial charge in [-0.05, 0) is 23.8 Å². The molecule has 0 spiro atoms. The molecule has 2 aromatic carbocycles. The first-order chi connectivity index (χ1) is 9.78. The number of rotatable bonds is 3. The maximum Gasteiger partial charge on any atom is 0.337 e. The van der Waals surface area contributed by atoms with E-state index in [1.165, 1.54) is 7.11 Å². The van der Waals surface area contributed by atoms with Crippen molar-refractivity contribution in [2.75, 3.05) is 7.11 Å². The van der Waals surface area contributed by atoms with Crippen LogP contribution < -0.4 is 0 Å². The van der Waals surface area contributed by atoms with Crippen LogP contribution in [0.1, 0.15) is 15.9 Å². The quantitative estimate of drug-likeness (QED) is 0.685. The summed E-state index contributed by atoms with van der Waals surface area (Å²) in [5, 5.41) is 5.51. The summed E-state index contributed by atoms with van der Waals surface area (Å²) in [7, 11) is 1.38. The number of nitrogens with zero attached hydrogens (tertiary/aromatic N) is 2. The predicted molar refractivity (Wildman–Crippen MR) is 76.6 cm³/mol. The number of esters is 1. The van der Waals surface area contributed by atoms with Gasteiger partial charge in [0.15, 0.2) is 0 Å². The number of methoxy groups -OCH3 is 1. The fraction of sp³-hybridized carbons (Fsp3) is 0.125. The standard InChI is InChI=1S/C16H14N2O2/c1-20-16(19)13-8-6-12(7-9-13)11-18-15-5-3-2-4-14(15)10-17-18/h2-10H,11H2,1H3. The molecule has 0 atom stereocenters. The molecule has 0 aliphatic rings. The predicted octanol–water partition coefficient (Wildman–Crippen LogP) is 2.87. The second kappa shape index (κ2) is 5.17. The molecule has 0 saturated heterocycles. The number of carbonyl (C=O) groups excluding carboxylic acids is 1. The number of hydrogen-bond acceptors (Lipinski definition) is 3. The highest BCUT2D eigenvalue weighted by atomic mass is 16.5. The SMILES string of the molecule is COC(=O)c1ccc(Cn2ncc3ccccc32)cc1. The van der Waals surface area contributed by atoms with Gasteiger partial charge in [0.1, 0.15) is 0 Å². The van der Waals surface area contributed by atoms with Gasteiger partial charge >= 0.3 is 5.97 Å². The van der Waals surface area contributed by atoms with Gasteiger partial charge in [0, 0.05) is 5.39 Å². The molecule has 1 aromatic heterocycles. The fourth-order valence-corrected chi connectivity index (χ4v) is 2.19. The minimum atomic E-state index is -0.318. The van der Waals surface area contributed by atoms with Crippen molar-refractivity contribution in [2.45, 2.75) is 6.54 Å². The molecule has 100 valence electrons. The number of hydrogen-bond donors (Lipinski definition) is 0. The summed E-state index contributed by atoms with van der Waals surface area (Å²) >= 11 is 0. The van der Waals surface area contributed by atoms with Gasteiger partial charge in [-0.1, -0.05) is 30.3 Å². The molecule has 0 amide bonds. The summed E-state index contributed by atoms with van der Waals surface area (Å²) in [5.41, 5.74) is 2.75. The first-order valence-electron chi connectivity index (χ1n) is 6.36. The molecule has 4 nitrogen and oxygen atoms in total. The zero-order valence-electron chi connectivity index (χ0n) is 11.1. The largest absolute Gasteiger partial charge is 0.465 e. The van der Waals surface area contributed by atoms with Crippen molar-refractivity contribution in [3.05, 3.63) is 65.9 Å². The summed E-state index contributed by atoms with van der Waals surface area (Å²) in [6.45, 7) is 0.676. The lowest BCUT2D eigenvalue weighted by molar-refractivity contribution is 0.0600. The Balaban J connectivity index is 1.86. The topological polar surface area (TPSA) is 44.1 Å². The van der Waals surface area contributed by atoms with Gasteiger partial charge < -0.3 is 4.74 Å². The van der Waals surface area contributed by atoms with Crippen LogP contribution >= 0.6 is 0 Å². The van der Waals surface area contributed by atoms with Crippen molar-refractivity contribution in [3.8, 4) is 0 Å². The van der Waals surface area contributed by atoms with Crippen LogP contribution in [0.2, 0.25) is 0 Å². The van der Waals surface area contributed by atoms with E-state index in [-0.39, 0.29) is 5.97 Å². The molecule has 0 aliphatic carbocycles. The molecule has 0 bridgehead atoms. The molecule has 0 saturated carbocycles. The van der Waals surface area contributed by atoms with Gasteiger partial charge in [0.2, 0.25) is 0 Å². The number of para-hydroxylation sites is 1. The molecule has 0 unspecified atom stereocenters. The molecule has 1 heterocycles. The van der Waals surface area contributed by atoms with E-state index in [0.717, 1.165) is 16.5 Å². The van der Waals surface area contributed by atoms with Gasteiger partial charge in [-0.2, -0.15) is 5.10 Å². The Hall–Kier alpha value is -2.62. The maximum absolute atomic E-state index is 11.4. The smallest absolute Gasteiger partial charge is 0.337 e. The van der Waals surface area contributed by atoms with Gasteiger partial charge in [0.25, 0.3) is 0 Å². The number of ether oxygens (including phenoxy) is 1. The number of benzene rings is 2. The first kappa shape index (κ1) is 12.4. The summed E-state index contributed by atoms with van der Waals surface area (Å²) in [6, 6.07) is 15.5. The van der Waals surface area contributed by atoms with Gasteiger partial charge in [0.05, 0.1) is 30.9 Å². The van der Waals surface area contributed by atoms with Crippen LogP contribution in [0, 0.1) is 0 Å². The molecular formula is C16H14N2O2. The van der Waals surface area contributed by atoms with Crippen molar-refractivity contribution in [2.24, 2.45) is 0 Å². The van der Waals surface area contributed by atoms with Crippen molar-refractivity contribution < 1.29 is 9.53 Å². The van der Waals surface area contributed by atoms with Crippen LogP contribution in [-0.2, 0) is 11.3 Å². The molecular weight excluding hydrogens is 252 g/mol. The third-order valence-corrected chi connectivity index (χ3v) is 3.26. The fourth-order valence-electron chi connectivity index (χ4n) is 2.19. The molecule has 0 fully saturated rings. The van der Waals surface area contributed by atoms with E-state index in [1.54, 1.807) is 12.1 Å². The molecule has 0 radical (unpaired) electrons. The summed E-state index contributed by atoms with van der Waals surface area (Å²) in [4.78, 5) is 11.4. The highest BCUT2D eigenvalue weighted by Crippen LogP contribution is 2.15. The van der Waals surface area contributed by atoms with Crippen LogP contribution in [0.15, 0.2) is 54.7 Å². The monoisotopic (exact) mass is 266 g/mol. The highest BCUT2D eigenvalue weighted by Gasteiger charge is 2.06. The summed E-state index contributed by atoms with van der Waals surface area (Å²) < 4.78 is 6.63. The zero-order valence-corrected chi connectivity index (χ0v) is 11.1. The van der Waals surface area contributed by atoms with E-state index in [9.17, 15) is 4.79 Å². The zero-order chi connectivity index (χ0) is 13.9. The van der Waals surface area contributed by atoms with Gasteiger partial charge in [-0.3, -0.25) is 4.68 Å². The van der Waals surface area contributed by atoms with E-state index in [4.69, 9.17) is 0 Å². The molecule has 0 N–H and O–H groups in total. The van der Waals surface area contributed by atoms with Crippen LogP contribution in [-0.4, -0.2) is 22.9 Å². The average Bonchev–Trinajstić information content (AvgIpc) is 2.91. The summed E-state index contributed by atoms with van der Waals surface area (Å²) in [5.74, 6) is -0.318. The Kier molecular flexibility index (Phi) is 3.21. The summed E-state index contributed by atoms with van der Waals surface area (Å²) in [6.07, 6.45) is 1.86. The molecule has 0 aliphatic heterocycles. The van der Waals surface area contributed by atoms with Crippen molar-refractivity contribution in [1.29, 1.82) is 0 Å².